The molecule has 0 spiro atoms. The van der Waals surface area contributed by atoms with Gasteiger partial charge in [0, 0.05) is 11.8 Å². The lowest BCUT2D eigenvalue weighted by Gasteiger charge is -2.34. The summed E-state index contributed by atoms with van der Waals surface area (Å²) < 4.78 is 0. The molecule has 1 aromatic carbocycles. The van der Waals surface area contributed by atoms with Gasteiger partial charge in [-0.1, -0.05) is 55.9 Å². The minimum absolute atomic E-state index is 0.0413. The Morgan fingerprint density at radius 1 is 1.36 bits per heavy atom. The molecule has 1 atom stereocenters. The van der Waals surface area contributed by atoms with Crippen molar-refractivity contribution in [1.29, 1.82) is 10.5 Å². The fraction of sp³-hybridized carbons (Fsp3) is 0.350. The molecule has 28 heavy (non-hydrogen) atoms. The molecule has 0 bridgehead atoms. The highest BCUT2D eigenvalue weighted by molar-refractivity contribution is 8.03. The van der Waals surface area contributed by atoms with Gasteiger partial charge >= 0.3 is 0 Å². The number of nitrogens with zero attached hydrogens (tertiary/aromatic N) is 4. The lowest BCUT2D eigenvalue weighted by molar-refractivity contribution is -0.128. The van der Waals surface area contributed by atoms with E-state index in [2.05, 4.69) is 16.5 Å². The molecule has 2 heterocycles. The van der Waals surface area contributed by atoms with Gasteiger partial charge in [-0.05, 0) is 5.56 Å². The van der Waals surface area contributed by atoms with Gasteiger partial charge in [0.05, 0.1) is 40.7 Å². The first-order valence-electron chi connectivity index (χ1n) is 8.80. The Hall–Kier alpha value is -3.10. The van der Waals surface area contributed by atoms with E-state index in [1.165, 1.54) is 5.01 Å². The molecule has 2 aliphatic rings. The first-order chi connectivity index (χ1) is 13.4. The average molecular weight is 393 g/mol. The third-order valence-corrected chi connectivity index (χ3v) is 5.86. The second-order valence-corrected chi connectivity index (χ2v) is 8.04. The Bertz CT molecular complexity index is 953. The molecular weight excluding hydrogens is 374 g/mol. The fourth-order valence-electron chi connectivity index (χ4n) is 3.21. The molecule has 0 fully saturated rings. The van der Waals surface area contributed by atoms with Crippen LogP contribution in [0, 0.1) is 34.0 Å². The number of nitrogens with one attached hydrogen (secondary N) is 1. The van der Waals surface area contributed by atoms with Crippen LogP contribution < -0.4 is 5.32 Å². The normalized spacial score (nSPS) is 20.9. The quantitative estimate of drug-likeness (QED) is 0.845. The Balaban J connectivity index is 1.72. The fourth-order valence-corrected chi connectivity index (χ4v) is 4.26. The molecule has 7 nitrogen and oxygen atoms in total. The van der Waals surface area contributed by atoms with Crippen molar-refractivity contribution in [2.75, 3.05) is 12.3 Å². The van der Waals surface area contributed by atoms with Crippen LogP contribution in [0.1, 0.15) is 25.8 Å². The van der Waals surface area contributed by atoms with Gasteiger partial charge in [-0.2, -0.15) is 15.6 Å². The topological polar surface area (TPSA) is 109 Å². The van der Waals surface area contributed by atoms with Gasteiger partial charge in [-0.15, -0.1) is 0 Å². The predicted molar refractivity (Wildman–Crippen MR) is 105 cm³/mol. The van der Waals surface area contributed by atoms with Gasteiger partial charge in [0.15, 0.2) is 0 Å². The van der Waals surface area contributed by atoms with Crippen molar-refractivity contribution >= 4 is 29.3 Å². The molecule has 0 aliphatic carbocycles. The van der Waals surface area contributed by atoms with Crippen LogP contribution in [0.4, 0.5) is 0 Å². The summed E-state index contributed by atoms with van der Waals surface area (Å²) in [7, 11) is 0. The van der Waals surface area contributed by atoms with Crippen LogP contribution in [0.5, 0.6) is 0 Å². The highest BCUT2D eigenvalue weighted by Crippen LogP contribution is 2.41. The molecule has 0 radical (unpaired) electrons. The third-order valence-electron chi connectivity index (χ3n) is 4.87. The monoisotopic (exact) mass is 393 g/mol. The van der Waals surface area contributed by atoms with Gasteiger partial charge in [-0.25, -0.2) is 5.01 Å². The van der Waals surface area contributed by atoms with E-state index in [4.69, 9.17) is 0 Å². The molecule has 1 aromatic rings. The average Bonchev–Trinajstić information content (AvgIpc) is 3.16. The van der Waals surface area contributed by atoms with Crippen molar-refractivity contribution in [3.63, 3.8) is 0 Å². The van der Waals surface area contributed by atoms with Crippen LogP contribution in [0.2, 0.25) is 0 Å². The van der Waals surface area contributed by atoms with Crippen molar-refractivity contribution in [3.8, 4) is 12.1 Å². The lowest BCUT2D eigenvalue weighted by Crippen LogP contribution is -2.44. The molecule has 2 amide bonds. The largest absolute Gasteiger partial charge is 0.319 e. The number of hydrogen-bond acceptors (Lipinski definition) is 6. The van der Waals surface area contributed by atoms with E-state index in [0.29, 0.717) is 23.6 Å². The Kier molecular flexibility index (Phi) is 5.53. The summed E-state index contributed by atoms with van der Waals surface area (Å²) in [6.45, 7) is 3.89. The van der Waals surface area contributed by atoms with E-state index in [9.17, 15) is 20.1 Å². The summed E-state index contributed by atoms with van der Waals surface area (Å²) in [5.41, 5.74) is 1.25. The number of carbonyl (C=O) groups is 2. The number of rotatable bonds is 4. The van der Waals surface area contributed by atoms with Crippen molar-refractivity contribution in [2.45, 2.75) is 20.3 Å². The molecule has 142 valence electrons. The van der Waals surface area contributed by atoms with Crippen LogP contribution in [-0.4, -0.2) is 34.8 Å². The summed E-state index contributed by atoms with van der Waals surface area (Å²) in [5.74, 6) is -1.55. The second-order valence-electron chi connectivity index (χ2n) is 7.06. The number of carbonyl (C=O) groups excluding carboxylic acids is 2. The zero-order valence-electron chi connectivity index (χ0n) is 15.6. The maximum atomic E-state index is 12.6. The van der Waals surface area contributed by atoms with E-state index in [-0.39, 0.29) is 11.7 Å². The molecule has 8 heteroatoms. The molecule has 0 unspecified atom stereocenters. The Labute approximate surface area is 167 Å². The summed E-state index contributed by atoms with van der Waals surface area (Å²) in [6, 6.07) is 13.7. The number of benzene rings is 1. The van der Waals surface area contributed by atoms with Gasteiger partial charge in [-0.3, -0.25) is 9.59 Å². The van der Waals surface area contributed by atoms with Gasteiger partial charge in [0.25, 0.3) is 5.91 Å². The highest BCUT2D eigenvalue weighted by Gasteiger charge is 2.44. The zero-order chi connectivity index (χ0) is 20.3. The van der Waals surface area contributed by atoms with Crippen LogP contribution in [0.25, 0.3) is 0 Å². The smallest absolute Gasteiger partial charge is 0.253 e. The number of allylic oxidation sites excluding steroid dienone is 1. The Morgan fingerprint density at radius 3 is 2.71 bits per heavy atom. The van der Waals surface area contributed by atoms with Crippen molar-refractivity contribution in [3.05, 3.63) is 46.5 Å². The van der Waals surface area contributed by atoms with E-state index >= 15 is 0 Å². The Morgan fingerprint density at radius 2 is 2.07 bits per heavy atom. The third kappa shape index (κ3) is 3.64. The minimum atomic E-state index is -0.946. The summed E-state index contributed by atoms with van der Waals surface area (Å²) in [4.78, 5) is 24.8. The minimum Gasteiger partial charge on any atom is -0.319 e. The van der Waals surface area contributed by atoms with E-state index < -0.39 is 17.2 Å². The molecule has 2 aliphatic heterocycles. The van der Waals surface area contributed by atoms with Gasteiger partial charge in [0.2, 0.25) is 5.91 Å². The van der Waals surface area contributed by atoms with Crippen LogP contribution in [0.15, 0.2) is 46.0 Å². The van der Waals surface area contributed by atoms with Crippen molar-refractivity contribution in [1.82, 2.24) is 10.3 Å². The second kappa shape index (κ2) is 7.87. The number of amides is 2. The van der Waals surface area contributed by atoms with Crippen LogP contribution >= 0.6 is 11.8 Å². The first-order valence-corrected chi connectivity index (χ1v) is 9.78. The first kappa shape index (κ1) is 19.7. The number of thioether (sulfide) groups is 1. The molecule has 0 saturated heterocycles. The molecular formula is C20H19N5O2S. The van der Waals surface area contributed by atoms with E-state index in [1.807, 2.05) is 36.4 Å². The van der Waals surface area contributed by atoms with Gasteiger partial charge < -0.3 is 5.32 Å². The predicted octanol–water partition coefficient (Wildman–Crippen LogP) is 2.39. The number of nitriles is 2. The zero-order valence-corrected chi connectivity index (χ0v) is 16.4. The van der Waals surface area contributed by atoms with Crippen LogP contribution in [-0.2, 0) is 9.59 Å². The molecule has 0 saturated carbocycles. The maximum Gasteiger partial charge on any atom is 0.253 e. The maximum absolute atomic E-state index is 12.6. The van der Waals surface area contributed by atoms with Crippen molar-refractivity contribution in [2.24, 2.45) is 16.4 Å². The van der Waals surface area contributed by atoms with E-state index in [1.54, 1.807) is 13.8 Å². The van der Waals surface area contributed by atoms with E-state index in [0.717, 1.165) is 23.0 Å². The standard InChI is InChI=1S/C20H19N5O2S/c1-20(2)14(10-21)18(27)23-19(15(20)11-22)28-12-17(26)25-9-8-16(24-25)13-6-4-3-5-7-13/h3-7,14H,8-9,12H2,1-2H3,(H,23,27)/t14-/m0/s1. The number of hydrogen-bond donors (Lipinski definition) is 1. The highest BCUT2D eigenvalue weighted by atomic mass is 32.2. The molecule has 3 rings (SSSR count). The molecule has 1 N–H and O–H groups in total. The van der Waals surface area contributed by atoms with Gasteiger partial charge in [0.1, 0.15) is 5.92 Å². The van der Waals surface area contributed by atoms with Crippen LogP contribution in [0.3, 0.4) is 0 Å². The molecule has 0 aromatic heterocycles. The summed E-state index contributed by atoms with van der Waals surface area (Å²) in [6.07, 6.45) is 0.681. The summed E-state index contributed by atoms with van der Waals surface area (Å²) >= 11 is 1.10. The number of hydrazone groups is 1. The van der Waals surface area contributed by atoms with Crippen molar-refractivity contribution < 1.29 is 9.59 Å². The summed E-state index contributed by atoms with van der Waals surface area (Å²) in [5, 5.41) is 27.6. The SMILES string of the molecule is CC1(C)C(C#N)=C(SCC(=O)N2CCC(c3ccccc3)=N2)NC(=O)[C@@H]1C#N. The lowest BCUT2D eigenvalue weighted by atomic mass is 9.72.